The molecule has 0 aliphatic heterocycles. The molecule has 0 fully saturated rings. The van der Waals surface area contributed by atoms with Gasteiger partial charge in [-0.15, -0.1) is 0 Å². The number of benzene rings is 1. The van der Waals surface area contributed by atoms with Gasteiger partial charge in [-0.1, -0.05) is 32.9 Å². The summed E-state index contributed by atoms with van der Waals surface area (Å²) in [5, 5.41) is 8.53. The van der Waals surface area contributed by atoms with Crippen LogP contribution in [0.2, 0.25) is 0 Å². The summed E-state index contributed by atoms with van der Waals surface area (Å²) < 4.78 is 4.93. The molecule has 0 aromatic heterocycles. The monoisotopic (exact) mass is 178 g/mol. The highest BCUT2D eigenvalue weighted by Crippen LogP contribution is 2.23. The average molecular weight is 178 g/mol. The van der Waals surface area contributed by atoms with E-state index >= 15 is 0 Å². The Kier molecular flexibility index (Phi) is 2.99. The molecule has 0 amide bonds. The number of hydrogen-bond donors (Lipinski definition) is 1. The molecule has 1 aromatic carbocycles. The molecule has 0 saturated heterocycles. The van der Waals surface area contributed by atoms with Gasteiger partial charge in [-0.25, -0.2) is 0 Å². The summed E-state index contributed by atoms with van der Waals surface area (Å²) in [6.45, 7) is 6.48. The van der Waals surface area contributed by atoms with Gasteiger partial charge in [0.25, 0.3) is 0 Å². The first-order valence-electron chi connectivity index (χ1n) is 4.38. The first-order chi connectivity index (χ1) is 6.04. The predicted molar refractivity (Wildman–Crippen MR) is 55.1 cm³/mol. The molecule has 1 N–H and O–H groups in total. The van der Waals surface area contributed by atoms with E-state index < -0.39 is 0 Å². The van der Waals surface area contributed by atoms with Crippen molar-refractivity contribution in [3.8, 4) is 5.75 Å². The Hall–Kier alpha value is -0.955. The van der Waals surface area contributed by atoms with Crippen LogP contribution >= 0.6 is 0 Å². The van der Waals surface area contributed by atoms with Crippen LogP contribution in [0, 0.1) is 0 Å². The van der Waals surface area contributed by atoms with Crippen LogP contribution in [0.3, 0.4) is 0 Å². The Labute approximate surface area is 79.9 Å². The van der Waals surface area contributed by atoms with Gasteiger partial charge in [0.1, 0.15) is 5.75 Å². The van der Waals surface area contributed by atoms with Crippen molar-refractivity contribution in [2.45, 2.75) is 26.2 Å². The SMILES string of the molecule is CC(C)(C)c1ccc(OBO)cc1. The van der Waals surface area contributed by atoms with E-state index in [2.05, 4.69) is 20.8 Å². The van der Waals surface area contributed by atoms with E-state index in [4.69, 9.17) is 9.68 Å². The summed E-state index contributed by atoms with van der Waals surface area (Å²) in [6.07, 6.45) is 0. The molecule has 0 aliphatic carbocycles. The Morgan fingerprint density at radius 2 is 1.69 bits per heavy atom. The van der Waals surface area contributed by atoms with Gasteiger partial charge in [0.05, 0.1) is 0 Å². The fourth-order valence-corrected chi connectivity index (χ4v) is 1.13. The zero-order valence-corrected chi connectivity index (χ0v) is 8.37. The van der Waals surface area contributed by atoms with Crippen LogP contribution in [0.15, 0.2) is 24.3 Å². The average Bonchev–Trinajstić information content (AvgIpc) is 2.04. The van der Waals surface area contributed by atoms with Gasteiger partial charge < -0.3 is 9.68 Å². The lowest BCUT2D eigenvalue weighted by Crippen LogP contribution is -2.10. The first kappa shape index (κ1) is 10.1. The maximum absolute atomic E-state index is 8.53. The van der Waals surface area contributed by atoms with Crippen molar-refractivity contribution in [3.63, 3.8) is 0 Å². The van der Waals surface area contributed by atoms with E-state index in [1.54, 1.807) is 0 Å². The largest absolute Gasteiger partial charge is 0.539 e. The summed E-state index contributed by atoms with van der Waals surface area (Å²) in [6, 6.07) is 7.78. The topological polar surface area (TPSA) is 29.5 Å². The van der Waals surface area contributed by atoms with Crippen molar-refractivity contribution < 1.29 is 9.68 Å². The third-order valence-electron chi connectivity index (χ3n) is 1.95. The van der Waals surface area contributed by atoms with E-state index in [0.29, 0.717) is 5.75 Å². The van der Waals surface area contributed by atoms with Gasteiger partial charge in [-0.2, -0.15) is 0 Å². The van der Waals surface area contributed by atoms with Crippen LogP contribution in [0.4, 0.5) is 0 Å². The van der Waals surface area contributed by atoms with E-state index in [1.165, 1.54) is 5.56 Å². The second-order valence-corrected chi connectivity index (χ2v) is 4.05. The molecule has 0 bridgehead atoms. The second-order valence-electron chi connectivity index (χ2n) is 4.05. The Balaban J connectivity index is 2.81. The summed E-state index contributed by atoms with van der Waals surface area (Å²) >= 11 is 0. The lowest BCUT2D eigenvalue weighted by atomic mass is 9.87. The maximum atomic E-state index is 8.53. The zero-order chi connectivity index (χ0) is 9.90. The molecule has 13 heavy (non-hydrogen) atoms. The molecule has 0 spiro atoms. The van der Waals surface area contributed by atoms with Crippen molar-refractivity contribution in [3.05, 3.63) is 29.8 Å². The molecule has 0 radical (unpaired) electrons. The van der Waals surface area contributed by atoms with Gasteiger partial charge in [-0.3, -0.25) is 0 Å². The van der Waals surface area contributed by atoms with Crippen molar-refractivity contribution in [2.75, 3.05) is 0 Å². The summed E-state index contributed by atoms with van der Waals surface area (Å²) in [4.78, 5) is 0. The lowest BCUT2D eigenvalue weighted by molar-refractivity contribution is 0.453. The fourth-order valence-electron chi connectivity index (χ4n) is 1.13. The Morgan fingerprint density at radius 1 is 1.15 bits per heavy atom. The van der Waals surface area contributed by atoms with Crippen LogP contribution < -0.4 is 4.65 Å². The van der Waals surface area contributed by atoms with E-state index in [1.807, 2.05) is 24.3 Å². The third kappa shape index (κ3) is 2.78. The number of rotatable bonds is 2. The molecule has 70 valence electrons. The second kappa shape index (κ2) is 3.84. The highest BCUT2D eigenvalue weighted by atomic mass is 16.5. The fraction of sp³-hybridized carbons (Fsp3) is 0.400. The molecule has 1 rings (SSSR count). The normalized spacial score (nSPS) is 11.1. The predicted octanol–water partition coefficient (Wildman–Crippen LogP) is 1.62. The number of hydrogen-bond acceptors (Lipinski definition) is 2. The molecule has 0 saturated carbocycles. The molecule has 0 unspecified atom stereocenters. The minimum atomic E-state index is -0.269. The molecule has 3 heteroatoms. The van der Waals surface area contributed by atoms with E-state index in [0.717, 1.165) is 0 Å². The highest BCUT2D eigenvalue weighted by molar-refractivity contribution is 6.17. The van der Waals surface area contributed by atoms with E-state index in [-0.39, 0.29) is 13.1 Å². The molecule has 1 aromatic rings. The minimum Gasteiger partial charge on any atom is -0.539 e. The van der Waals surface area contributed by atoms with Gasteiger partial charge in [0, 0.05) is 0 Å². The van der Waals surface area contributed by atoms with Gasteiger partial charge >= 0.3 is 7.69 Å². The van der Waals surface area contributed by atoms with Crippen molar-refractivity contribution in [1.29, 1.82) is 0 Å². The maximum Gasteiger partial charge on any atom is 0.504 e. The zero-order valence-electron chi connectivity index (χ0n) is 8.37. The summed E-state index contributed by atoms with van der Waals surface area (Å²) in [5.74, 6) is 0.704. The van der Waals surface area contributed by atoms with Gasteiger partial charge in [-0.05, 0) is 23.1 Å². The summed E-state index contributed by atoms with van der Waals surface area (Å²) in [5.41, 5.74) is 1.43. The Bertz CT molecular complexity index is 261. The van der Waals surface area contributed by atoms with Crippen LogP contribution in [0.1, 0.15) is 26.3 Å². The van der Waals surface area contributed by atoms with Crippen molar-refractivity contribution in [2.24, 2.45) is 0 Å². The van der Waals surface area contributed by atoms with Gasteiger partial charge in [0.15, 0.2) is 0 Å². The van der Waals surface area contributed by atoms with Crippen LogP contribution in [0.25, 0.3) is 0 Å². The van der Waals surface area contributed by atoms with E-state index in [9.17, 15) is 0 Å². The summed E-state index contributed by atoms with van der Waals surface area (Å²) in [7, 11) is -0.269. The van der Waals surface area contributed by atoms with Crippen molar-refractivity contribution >= 4 is 7.69 Å². The molecule has 2 nitrogen and oxygen atoms in total. The highest BCUT2D eigenvalue weighted by Gasteiger charge is 2.12. The van der Waals surface area contributed by atoms with Crippen LogP contribution in [-0.4, -0.2) is 12.7 Å². The van der Waals surface area contributed by atoms with Crippen LogP contribution in [0.5, 0.6) is 5.75 Å². The third-order valence-corrected chi connectivity index (χ3v) is 1.95. The Morgan fingerprint density at radius 3 is 2.08 bits per heavy atom. The molecule has 0 atom stereocenters. The molecule has 0 aliphatic rings. The van der Waals surface area contributed by atoms with Crippen LogP contribution in [-0.2, 0) is 5.41 Å². The minimum absolute atomic E-state index is 0.164. The molecule has 0 heterocycles. The first-order valence-corrected chi connectivity index (χ1v) is 4.38. The molecular formula is C10H15BO2. The lowest BCUT2D eigenvalue weighted by Gasteiger charge is -2.18. The van der Waals surface area contributed by atoms with Crippen molar-refractivity contribution in [1.82, 2.24) is 0 Å². The van der Waals surface area contributed by atoms with Gasteiger partial charge in [0.2, 0.25) is 0 Å². The quantitative estimate of drug-likeness (QED) is 0.697. The standard InChI is InChI=1S/C10H15BO2/c1-10(2,3)8-4-6-9(7-5-8)13-11-12/h4-7,11-12H,1-3H3. The molecular weight excluding hydrogens is 163 g/mol. The smallest absolute Gasteiger partial charge is 0.504 e.